The molecule has 0 radical (unpaired) electrons. The van der Waals surface area contributed by atoms with Crippen LogP contribution in [0.1, 0.15) is 12.8 Å². The maximum atomic E-state index is 13.0. The van der Waals surface area contributed by atoms with Crippen molar-refractivity contribution in [2.75, 3.05) is 58.7 Å². The number of amides is 2. The molecule has 1 aromatic rings. The summed E-state index contributed by atoms with van der Waals surface area (Å²) in [6.07, 6.45) is 0.756. The highest BCUT2D eigenvalue weighted by Gasteiger charge is 2.36. The molecule has 1 aromatic carbocycles. The van der Waals surface area contributed by atoms with Crippen molar-refractivity contribution in [1.29, 1.82) is 0 Å². The summed E-state index contributed by atoms with van der Waals surface area (Å²) in [5.74, 6) is -0.229. The van der Waals surface area contributed by atoms with Gasteiger partial charge in [0.25, 0.3) is 0 Å². The van der Waals surface area contributed by atoms with E-state index in [1.54, 1.807) is 0 Å². The Balaban J connectivity index is 1.67. The van der Waals surface area contributed by atoms with E-state index in [1.165, 1.54) is 40.6 Å². The van der Waals surface area contributed by atoms with Gasteiger partial charge in [-0.25, -0.2) is 13.2 Å². The minimum Gasteiger partial charge on any atom is -0.453 e. The van der Waals surface area contributed by atoms with Crippen LogP contribution in [-0.2, 0) is 19.6 Å². The summed E-state index contributed by atoms with van der Waals surface area (Å²) < 4.78 is 32.0. The van der Waals surface area contributed by atoms with Gasteiger partial charge in [-0.2, -0.15) is 4.31 Å². The summed E-state index contributed by atoms with van der Waals surface area (Å²) in [4.78, 5) is 27.6. The number of sulfonamides is 1. The van der Waals surface area contributed by atoms with Gasteiger partial charge in [0, 0.05) is 18.8 Å². The van der Waals surface area contributed by atoms with Crippen LogP contribution in [0.15, 0.2) is 29.2 Å². The first-order valence-corrected chi connectivity index (χ1v) is 11.3. The molecule has 2 fully saturated rings. The van der Waals surface area contributed by atoms with Crippen LogP contribution in [0.4, 0.5) is 10.5 Å². The molecule has 2 N–H and O–H groups in total. The fourth-order valence-corrected chi connectivity index (χ4v) is 5.28. The van der Waals surface area contributed by atoms with E-state index in [0.29, 0.717) is 25.1 Å². The van der Waals surface area contributed by atoms with Crippen LogP contribution in [0.5, 0.6) is 0 Å². The Hall–Kier alpha value is -2.17. The van der Waals surface area contributed by atoms with Gasteiger partial charge in [-0.05, 0) is 37.1 Å². The Labute approximate surface area is 171 Å². The first-order valence-electron chi connectivity index (χ1n) is 9.86. The number of likely N-dealkylation sites (N-methyl/N-ethyl adjacent to an activating group) is 1. The van der Waals surface area contributed by atoms with Crippen molar-refractivity contribution >= 4 is 27.7 Å². The minimum atomic E-state index is -3.70. The molecule has 2 aliphatic rings. The predicted molar refractivity (Wildman–Crippen MR) is 107 cm³/mol. The molecule has 10 heteroatoms. The maximum Gasteiger partial charge on any atom is 0.411 e. The molecular formula is C19H29N4O5S+. The van der Waals surface area contributed by atoms with Crippen LogP contribution in [-0.4, -0.2) is 83.0 Å². The normalized spacial score (nSPS) is 21.6. The zero-order chi connectivity index (χ0) is 21.0. The van der Waals surface area contributed by atoms with E-state index >= 15 is 0 Å². The minimum absolute atomic E-state index is 0.0648. The Morgan fingerprint density at radius 2 is 1.79 bits per heavy atom. The smallest absolute Gasteiger partial charge is 0.411 e. The fourth-order valence-electron chi connectivity index (χ4n) is 3.76. The van der Waals surface area contributed by atoms with Crippen molar-refractivity contribution in [3.8, 4) is 0 Å². The molecule has 0 spiro atoms. The number of ether oxygens (including phenoxy) is 1. The summed E-state index contributed by atoms with van der Waals surface area (Å²) >= 11 is 0. The van der Waals surface area contributed by atoms with Crippen LogP contribution in [0.3, 0.4) is 0 Å². The van der Waals surface area contributed by atoms with E-state index in [2.05, 4.69) is 17.1 Å². The number of anilines is 1. The van der Waals surface area contributed by atoms with Crippen LogP contribution < -0.4 is 10.2 Å². The van der Waals surface area contributed by atoms with Gasteiger partial charge >= 0.3 is 6.09 Å². The number of quaternary nitrogens is 1. The second-order valence-corrected chi connectivity index (χ2v) is 9.56. The van der Waals surface area contributed by atoms with Gasteiger partial charge in [0.15, 0.2) is 0 Å². The standard InChI is InChI=1S/C19H28N4O5S/c1-21-10-12-22(13-11-21)18(24)15-4-3-9-23(14-15)29(26,27)17-7-5-16(6-8-17)20-19(25)28-2/h5-8,15H,3-4,9-14H2,1-2H3,(H,20,25)/p+1/t15-/m0/s1. The van der Waals surface area contributed by atoms with Gasteiger partial charge in [0.2, 0.25) is 15.9 Å². The number of nitrogens with zero attached hydrogens (tertiary/aromatic N) is 2. The highest BCUT2D eigenvalue weighted by atomic mass is 32.2. The molecule has 0 aliphatic carbocycles. The average Bonchev–Trinajstić information content (AvgIpc) is 2.74. The van der Waals surface area contributed by atoms with Gasteiger partial charge in [0.05, 0.1) is 51.1 Å². The lowest BCUT2D eigenvalue weighted by molar-refractivity contribution is -0.883. The van der Waals surface area contributed by atoms with Crippen molar-refractivity contribution in [3.63, 3.8) is 0 Å². The van der Waals surface area contributed by atoms with Gasteiger partial charge < -0.3 is 14.5 Å². The molecular weight excluding hydrogens is 396 g/mol. The molecule has 2 heterocycles. The fraction of sp³-hybridized carbons (Fsp3) is 0.579. The van der Waals surface area contributed by atoms with Crippen molar-refractivity contribution in [1.82, 2.24) is 9.21 Å². The predicted octanol–water partition coefficient (Wildman–Crippen LogP) is -0.377. The number of nitrogens with one attached hydrogen (secondary N) is 2. The second-order valence-electron chi connectivity index (χ2n) is 7.63. The third kappa shape index (κ3) is 5.06. The van der Waals surface area contributed by atoms with Gasteiger partial charge in [-0.1, -0.05) is 0 Å². The molecule has 0 aromatic heterocycles. The number of hydrogen-bond acceptors (Lipinski definition) is 5. The van der Waals surface area contributed by atoms with Crippen LogP contribution in [0.2, 0.25) is 0 Å². The largest absolute Gasteiger partial charge is 0.453 e. The first-order chi connectivity index (χ1) is 13.8. The summed E-state index contributed by atoms with van der Waals surface area (Å²) in [5, 5.41) is 2.49. The van der Waals surface area contributed by atoms with Crippen molar-refractivity contribution in [2.24, 2.45) is 5.92 Å². The molecule has 0 bridgehead atoms. The van der Waals surface area contributed by atoms with E-state index in [1.807, 2.05) is 4.90 Å². The third-order valence-electron chi connectivity index (χ3n) is 5.59. The number of carbonyl (C=O) groups excluding carboxylic acids is 2. The molecule has 2 saturated heterocycles. The lowest BCUT2D eigenvalue weighted by Crippen LogP contribution is -3.12. The molecule has 160 valence electrons. The molecule has 2 amide bonds. The highest BCUT2D eigenvalue weighted by molar-refractivity contribution is 7.89. The van der Waals surface area contributed by atoms with Crippen LogP contribution in [0.25, 0.3) is 0 Å². The Kier molecular flexibility index (Phi) is 6.76. The number of piperazine rings is 1. The molecule has 2 aliphatic heterocycles. The Bertz CT molecular complexity index is 835. The number of rotatable bonds is 4. The first kappa shape index (κ1) is 21.5. The van der Waals surface area contributed by atoms with Crippen LogP contribution in [0, 0.1) is 5.92 Å². The number of methoxy groups -OCH3 is 1. The topological polar surface area (TPSA) is 100 Å². The lowest BCUT2D eigenvalue weighted by atomic mass is 9.98. The van der Waals surface area contributed by atoms with Crippen molar-refractivity contribution < 1.29 is 27.6 Å². The zero-order valence-electron chi connectivity index (χ0n) is 16.9. The van der Waals surface area contributed by atoms with Gasteiger partial charge in [-0.3, -0.25) is 10.1 Å². The quantitative estimate of drug-likeness (QED) is 0.685. The number of piperidine rings is 1. The van der Waals surface area contributed by atoms with E-state index in [0.717, 1.165) is 26.2 Å². The molecule has 9 nitrogen and oxygen atoms in total. The SMILES string of the molecule is COC(=O)Nc1ccc(S(=O)(=O)N2CCC[C@H](C(=O)N3CC[NH+](C)CC3)C2)cc1. The highest BCUT2D eigenvalue weighted by Crippen LogP contribution is 2.26. The zero-order valence-corrected chi connectivity index (χ0v) is 17.7. The number of hydrogen-bond donors (Lipinski definition) is 2. The molecule has 0 saturated carbocycles. The number of benzene rings is 1. The van der Waals surface area contributed by atoms with E-state index in [9.17, 15) is 18.0 Å². The summed E-state index contributed by atoms with van der Waals surface area (Å²) in [6, 6.07) is 5.94. The van der Waals surface area contributed by atoms with E-state index in [-0.39, 0.29) is 23.3 Å². The molecule has 0 unspecified atom stereocenters. The summed E-state index contributed by atoms with van der Waals surface area (Å²) in [5.41, 5.74) is 0.444. The van der Waals surface area contributed by atoms with Gasteiger partial charge in [0.1, 0.15) is 0 Å². The summed E-state index contributed by atoms with van der Waals surface area (Å²) in [7, 11) is -0.335. The van der Waals surface area contributed by atoms with Crippen molar-refractivity contribution in [2.45, 2.75) is 17.7 Å². The average molecular weight is 426 g/mol. The molecule has 29 heavy (non-hydrogen) atoms. The maximum absolute atomic E-state index is 13.0. The van der Waals surface area contributed by atoms with E-state index < -0.39 is 16.1 Å². The van der Waals surface area contributed by atoms with E-state index in [4.69, 9.17) is 0 Å². The Morgan fingerprint density at radius 1 is 1.14 bits per heavy atom. The lowest BCUT2D eigenvalue weighted by Gasteiger charge is -2.36. The molecule has 1 atom stereocenters. The second kappa shape index (κ2) is 9.10. The number of carbonyl (C=O) groups is 2. The monoisotopic (exact) mass is 425 g/mol. The summed E-state index contributed by atoms with van der Waals surface area (Å²) in [6.45, 7) is 3.91. The van der Waals surface area contributed by atoms with Gasteiger partial charge in [-0.15, -0.1) is 0 Å². The Morgan fingerprint density at radius 3 is 2.41 bits per heavy atom. The van der Waals surface area contributed by atoms with Crippen molar-refractivity contribution in [3.05, 3.63) is 24.3 Å². The van der Waals surface area contributed by atoms with Crippen LogP contribution >= 0.6 is 0 Å². The third-order valence-corrected chi connectivity index (χ3v) is 7.47. The molecule has 3 rings (SSSR count).